The molecule has 1 aliphatic heterocycles. The number of urea groups is 1. The van der Waals surface area contributed by atoms with Crippen LogP contribution in [0.3, 0.4) is 0 Å². The van der Waals surface area contributed by atoms with Gasteiger partial charge in [-0.1, -0.05) is 23.7 Å². The van der Waals surface area contributed by atoms with E-state index in [2.05, 4.69) is 19.9 Å². The lowest BCUT2D eigenvalue weighted by molar-refractivity contribution is 0.115. The number of carbonyl (C=O) groups is 1. The number of piperazine rings is 1. The summed E-state index contributed by atoms with van der Waals surface area (Å²) in [5.41, 5.74) is 4.66. The summed E-state index contributed by atoms with van der Waals surface area (Å²) in [6, 6.07) is 8.60. The van der Waals surface area contributed by atoms with Gasteiger partial charge in [-0.3, -0.25) is 9.88 Å². The number of benzene rings is 1. The molecule has 5 rings (SSSR count). The van der Waals surface area contributed by atoms with E-state index in [0.29, 0.717) is 36.9 Å². The van der Waals surface area contributed by atoms with Crippen LogP contribution in [0.5, 0.6) is 0 Å². The number of hydrogen-bond donors (Lipinski definition) is 2. The maximum absolute atomic E-state index is 12.9. The predicted octanol–water partition coefficient (Wildman–Crippen LogP) is 3.83. The van der Waals surface area contributed by atoms with Crippen LogP contribution < -0.4 is 10.0 Å². The smallest absolute Gasteiger partial charge is 0.317 e. The van der Waals surface area contributed by atoms with Crippen molar-refractivity contribution < 1.29 is 13.2 Å². The van der Waals surface area contributed by atoms with E-state index in [1.807, 2.05) is 73.7 Å². The molecular weight excluding hydrogens is 562 g/mol. The number of nitrogens with zero attached hydrogens (tertiary/aromatic N) is 5. The largest absolute Gasteiger partial charge is 0.336 e. The molecule has 1 aliphatic carbocycles. The normalized spacial score (nSPS) is 18.6. The Bertz CT molecular complexity index is 1590. The highest BCUT2D eigenvalue weighted by Gasteiger charge is 2.36. The molecule has 3 aromatic rings. The number of rotatable bonds is 5. The Labute approximate surface area is 246 Å². The summed E-state index contributed by atoms with van der Waals surface area (Å²) < 4.78 is 29.9. The number of fused-ring (bicyclic) bond motifs is 2. The lowest BCUT2D eigenvalue weighted by atomic mass is 9.90. The van der Waals surface area contributed by atoms with Gasteiger partial charge in [0.15, 0.2) is 0 Å². The summed E-state index contributed by atoms with van der Waals surface area (Å²) >= 11 is 6.58. The minimum atomic E-state index is -3.61. The van der Waals surface area contributed by atoms with Crippen LogP contribution in [0.4, 0.5) is 4.79 Å². The van der Waals surface area contributed by atoms with Crippen molar-refractivity contribution in [2.24, 2.45) is 7.05 Å². The lowest BCUT2D eigenvalue weighted by Crippen LogP contribution is -2.55. The molecule has 1 unspecified atom stereocenters. The molecule has 3 heterocycles. The van der Waals surface area contributed by atoms with Crippen LogP contribution in [0.1, 0.15) is 60.9 Å². The van der Waals surface area contributed by atoms with Crippen LogP contribution in [0.15, 0.2) is 49.1 Å². The van der Waals surface area contributed by atoms with Gasteiger partial charge >= 0.3 is 6.03 Å². The van der Waals surface area contributed by atoms with Crippen LogP contribution in [0.2, 0.25) is 5.02 Å². The Morgan fingerprint density at radius 2 is 1.88 bits per heavy atom. The minimum absolute atomic E-state index is 0.0708. The third kappa shape index (κ3) is 6.48. The molecule has 1 aromatic carbocycles. The van der Waals surface area contributed by atoms with E-state index < -0.39 is 16.1 Å². The van der Waals surface area contributed by atoms with Gasteiger partial charge in [-0.05, 0) is 67.3 Å². The fraction of sp³-hybridized carbons (Fsp3) is 0.414. The maximum atomic E-state index is 12.9. The molecule has 10 nitrogen and oxygen atoms in total. The number of sulfonamides is 1. The molecule has 0 bridgehead atoms. The summed E-state index contributed by atoms with van der Waals surface area (Å²) in [6.45, 7) is 8.33. The molecule has 218 valence electrons. The van der Waals surface area contributed by atoms with Crippen molar-refractivity contribution >= 4 is 39.3 Å². The monoisotopic (exact) mass is 597 g/mol. The quantitative estimate of drug-likeness (QED) is 0.462. The Morgan fingerprint density at radius 1 is 1.15 bits per heavy atom. The van der Waals surface area contributed by atoms with Gasteiger partial charge in [-0.15, -0.1) is 0 Å². The Kier molecular flexibility index (Phi) is 7.99. The topological polar surface area (TPSA) is 112 Å². The van der Waals surface area contributed by atoms with Gasteiger partial charge < -0.3 is 14.8 Å². The van der Waals surface area contributed by atoms with E-state index in [9.17, 15) is 13.2 Å². The Morgan fingerprint density at radius 3 is 2.51 bits per heavy atom. The molecule has 1 saturated heterocycles. The van der Waals surface area contributed by atoms with E-state index in [1.165, 1.54) is 0 Å². The van der Waals surface area contributed by atoms with Crippen molar-refractivity contribution in [1.82, 2.24) is 34.4 Å². The molecule has 0 radical (unpaired) electrons. The second-order valence-corrected chi connectivity index (χ2v) is 13.9. The fourth-order valence-electron chi connectivity index (χ4n) is 5.52. The predicted molar refractivity (Wildman–Crippen MR) is 161 cm³/mol. The fourth-order valence-corrected chi connectivity index (χ4v) is 6.37. The molecule has 41 heavy (non-hydrogen) atoms. The van der Waals surface area contributed by atoms with Crippen molar-refractivity contribution in [2.45, 2.75) is 38.4 Å². The number of nitrogens with one attached hydrogen (secondary N) is 2. The minimum Gasteiger partial charge on any atom is -0.336 e. The first-order valence-corrected chi connectivity index (χ1v) is 15.8. The van der Waals surface area contributed by atoms with Gasteiger partial charge in [0.25, 0.3) is 0 Å². The average Bonchev–Trinajstić information content (AvgIpc) is 3.26. The highest BCUT2D eigenvalue weighted by atomic mass is 35.5. The van der Waals surface area contributed by atoms with E-state index in [1.54, 1.807) is 18.7 Å². The maximum Gasteiger partial charge on any atom is 0.317 e. The highest BCUT2D eigenvalue weighted by Crippen LogP contribution is 2.44. The highest BCUT2D eigenvalue weighted by molar-refractivity contribution is 7.88. The Balaban J connectivity index is 1.60. The molecule has 2 aromatic heterocycles. The lowest BCUT2D eigenvalue weighted by Gasteiger charge is -2.40. The van der Waals surface area contributed by atoms with Gasteiger partial charge in [0.1, 0.15) is 0 Å². The van der Waals surface area contributed by atoms with Gasteiger partial charge in [0, 0.05) is 50.0 Å². The number of aromatic nitrogens is 3. The van der Waals surface area contributed by atoms with Crippen molar-refractivity contribution in [1.29, 1.82) is 0 Å². The molecule has 2 amide bonds. The van der Waals surface area contributed by atoms with E-state index in [4.69, 9.17) is 16.6 Å². The zero-order valence-electron chi connectivity index (χ0n) is 23.9. The first-order valence-electron chi connectivity index (χ1n) is 13.5. The summed E-state index contributed by atoms with van der Waals surface area (Å²) in [7, 11) is -1.78. The SMILES string of the molecule is Cn1cncc1C(NS(C)(=O)=O)C1=Cc2cccnc2[C@@H](N2CCN(C(=O)NC(C)(C)C)CC2)c2ccc(Cl)cc21. The van der Waals surface area contributed by atoms with Crippen LogP contribution in [-0.2, 0) is 17.1 Å². The summed E-state index contributed by atoms with van der Waals surface area (Å²) in [5.74, 6) is 0. The molecule has 1 fully saturated rings. The molecule has 12 heteroatoms. The number of pyridine rings is 1. The van der Waals surface area contributed by atoms with Crippen LogP contribution >= 0.6 is 11.6 Å². The molecule has 2 N–H and O–H groups in total. The molecular formula is C29H36ClN7O3S. The second-order valence-electron chi connectivity index (χ2n) is 11.7. The van der Waals surface area contributed by atoms with Crippen molar-refractivity contribution in [3.05, 3.63) is 82.2 Å². The van der Waals surface area contributed by atoms with Crippen molar-refractivity contribution in [3.63, 3.8) is 0 Å². The number of aryl methyl sites for hydroxylation is 1. The van der Waals surface area contributed by atoms with Crippen molar-refractivity contribution in [2.75, 3.05) is 32.4 Å². The van der Waals surface area contributed by atoms with E-state index in [-0.39, 0.29) is 17.6 Å². The van der Waals surface area contributed by atoms with Gasteiger partial charge in [0.05, 0.1) is 42.3 Å². The molecule has 2 atom stereocenters. The number of halogens is 1. The van der Waals surface area contributed by atoms with Crippen LogP contribution in [-0.4, -0.2) is 76.8 Å². The molecule has 0 saturated carbocycles. The second kappa shape index (κ2) is 11.2. The van der Waals surface area contributed by atoms with Gasteiger partial charge in [-0.25, -0.2) is 22.9 Å². The number of hydrogen-bond acceptors (Lipinski definition) is 6. The van der Waals surface area contributed by atoms with Gasteiger partial charge in [0.2, 0.25) is 10.0 Å². The molecule has 2 aliphatic rings. The first kappa shape index (κ1) is 29.2. The summed E-state index contributed by atoms with van der Waals surface area (Å²) in [6.07, 6.45) is 8.25. The zero-order valence-corrected chi connectivity index (χ0v) is 25.5. The zero-order chi connectivity index (χ0) is 29.5. The number of amides is 2. The van der Waals surface area contributed by atoms with E-state index >= 15 is 0 Å². The van der Waals surface area contributed by atoms with Crippen LogP contribution in [0.25, 0.3) is 11.6 Å². The summed E-state index contributed by atoms with van der Waals surface area (Å²) in [5, 5.41) is 3.60. The number of carbonyl (C=O) groups excluding carboxylic acids is 1. The Hall–Kier alpha value is -3.25. The van der Waals surface area contributed by atoms with Crippen LogP contribution in [0, 0.1) is 0 Å². The molecule has 0 spiro atoms. The average molecular weight is 598 g/mol. The first-order chi connectivity index (χ1) is 19.3. The third-order valence-corrected chi connectivity index (χ3v) is 8.20. The standard InChI is InChI=1S/C29H36ClN7O3S/c1-29(2,3)33-28(38)37-13-11-36(12-14-37)27-21-9-8-20(30)16-22(21)23(15-19-7-6-10-32-25(19)27)26(34-41(5,39)40)24-17-31-18-35(24)4/h6-10,15-18,26-27,34H,11-14H2,1-5H3,(H,33,38)/t26?,27-/m0/s1. The van der Waals surface area contributed by atoms with E-state index in [0.717, 1.165) is 34.2 Å². The van der Waals surface area contributed by atoms with Gasteiger partial charge in [-0.2, -0.15) is 0 Å². The van der Waals surface area contributed by atoms with Crippen molar-refractivity contribution in [3.8, 4) is 0 Å². The number of imidazole rings is 1. The third-order valence-electron chi connectivity index (χ3n) is 7.30. The summed E-state index contributed by atoms with van der Waals surface area (Å²) in [4.78, 5) is 26.1.